The minimum Gasteiger partial charge on any atom is -0.504 e. The molecule has 0 aromatic heterocycles. The molecule has 0 aliphatic carbocycles. The number of carbonyl (C=O) groups is 2. The van der Waals surface area contributed by atoms with Crippen LogP contribution in [0.15, 0.2) is 42.0 Å². The van der Waals surface area contributed by atoms with Crippen molar-refractivity contribution < 1.29 is 24.2 Å². The van der Waals surface area contributed by atoms with Gasteiger partial charge in [-0.05, 0) is 70.7 Å². The van der Waals surface area contributed by atoms with E-state index in [0.717, 1.165) is 0 Å². The van der Waals surface area contributed by atoms with Crippen LogP contribution in [0.1, 0.15) is 5.56 Å². The van der Waals surface area contributed by atoms with Gasteiger partial charge in [0, 0.05) is 0 Å². The summed E-state index contributed by atoms with van der Waals surface area (Å²) in [5.41, 5.74) is 0.831. The molecule has 1 aliphatic rings. The van der Waals surface area contributed by atoms with Crippen LogP contribution in [0.5, 0.6) is 17.2 Å². The molecule has 2 aromatic rings. The number of phenols is 1. The summed E-state index contributed by atoms with van der Waals surface area (Å²) < 4.78 is 11.0. The third kappa shape index (κ3) is 3.67. The van der Waals surface area contributed by atoms with Crippen LogP contribution in [0.3, 0.4) is 0 Å². The number of halogens is 1. The van der Waals surface area contributed by atoms with Crippen molar-refractivity contribution in [2.75, 3.05) is 19.1 Å². The molecule has 0 bridgehead atoms. The number of nitrogens with one attached hydrogen (secondary N) is 1. The molecule has 28 heavy (non-hydrogen) atoms. The van der Waals surface area contributed by atoms with Gasteiger partial charge in [-0.1, -0.05) is 12.1 Å². The molecule has 7 nitrogen and oxygen atoms in total. The molecule has 1 fully saturated rings. The summed E-state index contributed by atoms with van der Waals surface area (Å²) in [6.45, 7) is 0. The van der Waals surface area contributed by atoms with Crippen molar-refractivity contribution in [1.82, 2.24) is 5.32 Å². The molecule has 2 N–H and O–H groups in total. The average Bonchev–Trinajstić information content (AvgIpc) is 2.67. The molecular weight excluding hydrogens is 495 g/mol. The Labute approximate surface area is 180 Å². The lowest BCUT2D eigenvalue weighted by Crippen LogP contribution is -2.54. The topological polar surface area (TPSA) is 88.1 Å². The van der Waals surface area contributed by atoms with E-state index >= 15 is 0 Å². The molecule has 2 aromatic carbocycles. The van der Waals surface area contributed by atoms with Gasteiger partial charge < -0.3 is 14.6 Å². The predicted octanol–water partition coefficient (Wildman–Crippen LogP) is 2.85. The smallest absolute Gasteiger partial charge is 0.270 e. The van der Waals surface area contributed by atoms with Crippen LogP contribution < -0.4 is 19.7 Å². The monoisotopic (exact) mass is 510 g/mol. The highest BCUT2D eigenvalue weighted by atomic mass is 127. The lowest BCUT2D eigenvalue weighted by atomic mass is 10.1. The number of thiocarbonyl (C=S) groups is 1. The molecular formula is C19H15IN2O5S. The zero-order chi connectivity index (χ0) is 20.4. The number of carbonyl (C=O) groups excluding carboxylic acids is 2. The summed E-state index contributed by atoms with van der Waals surface area (Å²) in [4.78, 5) is 26.7. The highest BCUT2D eigenvalue weighted by Gasteiger charge is 2.35. The van der Waals surface area contributed by atoms with Crippen LogP contribution in [-0.2, 0) is 9.59 Å². The first kappa shape index (κ1) is 20.1. The van der Waals surface area contributed by atoms with E-state index in [1.54, 1.807) is 30.3 Å². The van der Waals surface area contributed by atoms with Crippen molar-refractivity contribution in [2.45, 2.75) is 0 Å². The highest BCUT2D eigenvalue weighted by molar-refractivity contribution is 14.1. The van der Waals surface area contributed by atoms with Gasteiger partial charge in [0.15, 0.2) is 16.6 Å². The minimum absolute atomic E-state index is 0.0125. The van der Waals surface area contributed by atoms with Crippen LogP contribution in [0.25, 0.3) is 6.08 Å². The average molecular weight is 510 g/mol. The van der Waals surface area contributed by atoms with E-state index < -0.39 is 11.8 Å². The Bertz CT molecular complexity index is 1020. The van der Waals surface area contributed by atoms with Crippen LogP contribution in [0.4, 0.5) is 5.69 Å². The largest absolute Gasteiger partial charge is 0.504 e. The zero-order valence-corrected chi connectivity index (χ0v) is 17.8. The summed E-state index contributed by atoms with van der Waals surface area (Å²) >= 11 is 7.14. The number of ether oxygens (including phenoxy) is 2. The van der Waals surface area contributed by atoms with Crippen LogP contribution in [0, 0.1) is 3.57 Å². The van der Waals surface area contributed by atoms with E-state index in [4.69, 9.17) is 21.7 Å². The molecule has 1 aliphatic heterocycles. The Hall–Kier alpha value is -2.66. The van der Waals surface area contributed by atoms with Gasteiger partial charge in [-0.15, -0.1) is 0 Å². The van der Waals surface area contributed by atoms with Crippen LogP contribution in [0.2, 0.25) is 0 Å². The van der Waals surface area contributed by atoms with Crippen molar-refractivity contribution in [3.63, 3.8) is 0 Å². The molecule has 9 heteroatoms. The minimum atomic E-state index is -0.608. The Balaban J connectivity index is 2.08. The normalized spacial score (nSPS) is 15.6. The van der Waals surface area contributed by atoms with Gasteiger partial charge in [-0.25, -0.2) is 4.90 Å². The van der Waals surface area contributed by atoms with Crippen LogP contribution in [-0.4, -0.2) is 36.3 Å². The van der Waals surface area contributed by atoms with Gasteiger partial charge in [0.25, 0.3) is 11.8 Å². The summed E-state index contributed by atoms with van der Waals surface area (Å²) in [5, 5.41) is 12.5. The fraction of sp³-hybridized carbons (Fsp3) is 0.105. The van der Waals surface area contributed by atoms with E-state index in [0.29, 0.717) is 20.6 Å². The number of hydrogen-bond acceptors (Lipinski definition) is 6. The molecule has 1 heterocycles. The summed E-state index contributed by atoms with van der Waals surface area (Å²) in [7, 11) is 2.90. The maximum absolute atomic E-state index is 13.1. The quantitative estimate of drug-likeness (QED) is 0.285. The van der Waals surface area contributed by atoms with E-state index in [1.807, 2.05) is 22.6 Å². The van der Waals surface area contributed by atoms with Crippen molar-refractivity contribution in [2.24, 2.45) is 0 Å². The number of amides is 2. The fourth-order valence-electron chi connectivity index (χ4n) is 2.69. The van der Waals surface area contributed by atoms with Gasteiger partial charge >= 0.3 is 0 Å². The number of methoxy groups -OCH3 is 2. The van der Waals surface area contributed by atoms with E-state index in [9.17, 15) is 14.7 Å². The Kier molecular flexibility index (Phi) is 5.84. The second-order valence-corrected chi connectivity index (χ2v) is 7.23. The van der Waals surface area contributed by atoms with Crippen LogP contribution >= 0.6 is 34.8 Å². The maximum atomic E-state index is 13.1. The SMILES string of the molecule is COc1ccccc1N1C(=O)/C(=C/c2cc(I)c(O)c(OC)c2)C(=O)NC1=S. The Morgan fingerprint density at radius 2 is 1.82 bits per heavy atom. The third-order valence-corrected chi connectivity index (χ3v) is 5.12. The van der Waals surface area contributed by atoms with E-state index in [-0.39, 0.29) is 22.2 Å². The van der Waals surface area contributed by atoms with Gasteiger partial charge in [0.2, 0.25) is 0 Å². The number of phenolic OH excluding ortho intramolecular Hbond substituents is 1. The molecule has 0 saturated carbocycles. The molecule has 0 spiro atoms. The molecule has 2 amide bonds. The molecule has 0 atom stereocenters. The lowest BCUT2D eigenvalue weighted by Gasteiger charge is -2.29. The number of para-hydroxylation sites is 2. The third-order valence-electron chi connectivity index (χ3n) is 4.01. The number of rotatable bonds is 4. The molecule has 0 radical (unpaired) electrons. The van der Waals surface area contributed by atoms with Crippen molar-refractivity contribution in [3.05, 3.63) is 51.1 Å². The van der Waals surface area contributed by atoms with Crippen molar-refractivity contribution in [3.8, 4) is 17.2 Å². The number of hydrogen-bond donors (Lipinski definition) is 2. The Morgan fingerprint density at radius 3 is 2.50 bits per heavy atom. The van der Waals surface area contributed by atoms with Crippen molar-refractivity contribution >= 4 is 63.5 Å². The number of aromatic hydroxyl groups is 1. The maximum Gasteiger partial charge on any atom is 0.270 e. The highest BCUT2D eigenvalue weighted by Crippen LogP contribution is 2.34. The molecule has 1 saturated heterocycles. The zero-order valence-electron chi connectivity index (χ0n) is 14.9. The summed E-state index contributed by atoms with van der Waals surface area (Å²) in [6.07, 6.45) is 1.42. The molecule has 144 valence electrons. The molecule has 0 unspecified atom stereocenters. The Morgan fingerprint density at radius 1 is 1.14 bits per heavy atom. The second kappa shape index (κ2) is 8.15. The first-order chi connectivity index (χ1) is 13.4. The summed E-state index contributed by atoms with van der Waals surface area (Å²) in [5.74, 6) is -0.529. The first-order valence-electron chi connectivity index (χ1n) is 7.98. The van der Waals surface area contributed by atoms with Crippen molar-refractivity contribution in [1.29, 1.82) is 0 Å². The lowest BCUT2D eigenvalue weighted by molar-refractivity contribution is -0.122. The van der Waals surface area contributed by atoms with Gasteiger partial charge in [-0.3, -0.25) is 14.9 Å². The van der Waals surface area contributed by atoms with Gasteiger partial charge in [-0.2, -0.15) is 0 Å². The fourth-order valence-corrected chi connectivity index (χ4v) is 3.59. The number of anilines is 1. The number of benzene rings is 2. The molecule has 3 rings (SSSR count). The predicted molar refractivity (Wildman–Crippen MR) is 117 cm³/mol. The summed E-state index contributed by atoms with van der Waals surface area (Å²) in [6, 6.07) is 10.0. The van der Waals surface area contributed by atoms with Gasteiger partial charge in [0.1, 0.15) is 11.3 Å². The standard InChI is InChI=1S/C19H15IN2O5S/c1-26-14-6-4-3-5-13(14)22-18(25)11(17(24)21-19(22)28)7-10-8-12(20)16(23)15(9-10)27-2/h3-9,23H,1-2H3,(H,21,24,28)/b11-7+. The van der Waals surface area contributed by atoms with E-state index in [1.165, 1.54) is 31.3 Å². The van der Waals surface area contributed by atoms with E-state index in [2.05, 4.69) is 5.32 Å². The second-order valence-electron chi connectivity index (χ2n) is 5.68. The first-order valence-corrected chi connectivity index (χ1v) is 9.47. The number of nitrogens with zero attached hydrogens (tertiary/aromatic N) is 1. The van der Waals surface area contributed by atoms with Gasteiger partial charge in [0.05, 0.1) is 23.5 Å².